The van der Waals surface area contributed by atoms with Gasteiger partial charge in [0.05, 0.1) is 0 Å². The standard InChI is InChI=1S/C18H33N7S/c1-4-16-21-18(26-22-16)25-13-11-24(12-14-25)17(19-2)20-8-5-15-6-9-23(3)10-7-15/h15H,4-14H2,1-3H3,(H,19,20). The number of hydrogen-bond acceptors (Lipinski definition) is 6. The van der Waals surface area contributed by atoms with E-state index in [1.54, 1.807) is 0 Å². The largest absolute Gasteiger partial charge is 0.356 e. The molecule has 1 aromatic heterocycles. The minimum atomic E-state index is 0.860. The number of piperazine rings is 1. The molecule has 0 aromatic carbocycles. The highest BCUT2D eigenvalue weighted by molar-refractivity contribution is 7.09. The number of aromatic nitrogens is 2. The Kier molecular flexibility index (Phi) is 7.07. The summed E-state index contributed by atoms with van der Waals surface area (Å²) in [5.74, 6) is 2.86. The molecule has 3 heterocycles. The highest BCUT2D eigenvalue weighted by Gasteiger charge is 2.22. The third kappa shape index (κ3) is 5.07. The summed E-state index contributed by atoms with van der Waals surface area (Å²) >= 11 is 1.52. The lowest BCUT2D eigenvalue weighted by atomic mass is 9.94. The van der Waals surface area contributed by atoms with Gasteiger partial charge in [-0.1, -0.05) is 6.92 Å². The van der Waals surface area contributed by atoms with Crippen LogP contribution in [0, 0.1) is 5.92 Å². The fourth-order valence-electron chi connectivity index (χ4n) is 3.70. The fourth-order valence-corrected chi connectivity index (χ4v) is 4.50. The first-order valence-corrected chi connectivity index (χ1v) is 10.7. The molecule has 0 spiro atoms. The Hall–Kier alpha value is -1.41. The number of nitrogens with zero attached hydrogens (tertiary/aromatic N) is 6. The van der Waals surface area contributed by atoms with E-state index in [1.165, 1.54) is 43.9 Å². The number of nitrogens with one attached hydrogen (secondary N) is 1. The monoisotopic (exact) mass is 379 g/mol. The van der Waals surface area contributed by atoms with Crippen LogP contribution in [0.2, 0.25) is 0 Å². The highest BCUT2D eigenvalue weighted by Crippen LogP contribution is 2.20. The van der Waals surface area contributed by atoms with Crippen molar-refractivity contribution in [3.8, 4) is 0 Å². The Morgan fingerprint density at radius 2 is 1.92 bits per heavy atom. The van der Waals surface area contributed by atoms with E-state index in [0.29, 0.717) is 0 Å². The number of anilines is 1. The second-order valence-corrected chi connectivity index (χ2v) is 8.06. The second-order valence-electron chi connectivity index (χ2n) is 7.33. The molecule has 0 bridgehead atoms. The van der Waals surface area contributed by atoms with E-state index in [-0.39, 0.29) is 0 Å². The van der Waals surface area contributed by atoms with Gasteiger partial charge in [0, 0.05) is 57.7 Å². The van der Waals surface area contributed by atoms with Crippen molar-refractivity contribution in [3.63, 3.8) is 0 Å². The van der Waals surface area contributed by atoms with Crippen molar-refractivity contribution in [2.75, 3.05) is 64.8 Å². The second kappa shape index (κ2) is 9.50. The number of aliphatic imine (C=N–C) groups is 1. The number of guanidine groups is 1. The summed E-state index contributed by atoms with van der Waals surface area (Å²) in [6.07, 6.45) is 4.82. The maximum absolute atomic E-state index is 4.61. The van der Waals surface area contributed by atoms with Crippen molar-refractivity contribution in [3.05, 3.63) is 5.82 Å². The van der Waals surface area contributed by atoms with Crippen molar-refractivity contribution in [1.29, 1.82) is 0 Å². The molecule has 7 nitrogen and oxygen atoms in total. The first-order chi connectivity index (χ1) is 12.7. The normalized spacial score (nSPS) is 20.7. The van der Waals surface area contributed by atoms with Crippen molar-refractivity contribution < 1.29 is 0 Å². The van der Waals surface area contributed by atoms with Gasteiger partial charge in [-0.15, -0.1) is 0 Å². The third-order valence-corrected chi connectivity index (χ3v) is 6.32. The molecule has 3 rings (SSSR count). The van der Waals surface area contributed by atoms with Gasteiger partial charge in [0.25, 0.3) is 0 Å². The molecule has 2 aliphatic heterocycles. The minimum Gasteiger partial charge on any atom is -0.356 e. The number of piperidine rings is 1. The van der Waals surface area contributed by atoms with Crippen LogP contribution in [0.4, 0.5) is 5.13 Å². The molecule has 146 valence electrons. The lowest BCUT2D eigenvalue weighted by Crippen LogP contribution is -2.52. The van der Waals surface area contributed by atoms with Crippen LogP contribution in [0.25, 0.3) is 0 Å². The van der Waals surface area contributed by atoms with E-state index in [4.69, 9.17) is 0 Å². The topological polar surface area (TPSA) is 59.9 Å². The molecule has 0 unspecified atom stereocenters. The quantitative estimate of drug-likeness (QED) is 0.618. The van der Waals surface area contributed by atoms with E-state index >= 15 is 0 Å². The highest BCUT2D eigenvalue weighted by atomic mass is 32.1. The summed E-state index contributed by atoms with van der Waals surface area (Å²) in [4.78, 5) is 16.3. The zero-order valence-corrected chi connectivity index (χ0v) is 17.3. The predicted molar refractivity (Wildman–Crippen MR) is 109 cm³/mol. The molecule has 0 amide bonds. The third-order valence-electron chi connectivity index (χ3n) is 5.51. The molecule has 0 aliphatic carbocycles. The molecule has 2 saturated heterocycles. The molecule has 1 N–H and O–H groups in total. The summed E-state index contributed by atoms with van der Waals surface area (Å²) in [6.45, 7) is 9.54. The average molecular weight is 380 g/mol. The Labute approximate surface area is 161 Å². The van der Waals surface area contributed by atoms with Crippen molar-refractivity contribution >= 4 is 22.6 Å². The number of hydrogen-bond donors (Lipinski definition) is 1. The Morgan fingerprint density at radius 1 is 1.19 bits per heavy atom. The molecule has 26 heavy (non-hydrogen) atoms. The first-order valence-electron chi connectivity index (χ1n) is 9.91. The van der Waals surface area contributed by atoms with E-state index in [2.05, 4.69) is 48.3 Å². The van der Waals surface area contributed by atoms with Gasteiger partial charge < -0.3 is 20.0 Å². The van der Waals surface area contributed by atoms with Gasteiger partial charge in [-0.05, 0) is 45.3 Å². The van der Waals surface area contributed by atoms with Crippen molar-refractivity contribution in [1.82, 2.24) is 24.5 Å². The molecule has 1 aromatic rings. The van der Waals surface area contributed by atoms with Crippen molar-refractivity contribution in [2.24, 2.45) is 10.9 Å². The van der Waals surface area contributed by atoms with Gasteiger partial charge in [0.2, 0.25) is 5.13 Å². The summed E-state index contributed by atoms with van der Waals surface area (Å²) in [7, 11) is 4.11. The summed E-state index contributed by atoms with van der Waals surface area (Å²) in [5, 5.41) is 4.65. The van der Waals surface area contributed by atoms with Gasteiger partial charge in [0.1, 0.15) is 5.82 Å². The number of rotatable bonds is 5. The van der Waals surface area contributed by atoms with Crippen LogP contribution >= 0.6 is 11.5 Å². The van der Waals surface area contributed by atoms with Gasteiger partial charge >= 0.3 is 0 Å². The molecule has 0 radical (unpaired) electrons. The maximum atomic E-state index is 4.61. The SMILES string of the molecule is CCc1nsc(N2CCN(C(=NC)NCCC3CCN(C)CC3)CC2)n1. The lowest BCUT2D eigenvalue weighted by Gasteiger charge is -2.36. The van der Waals surface area contributed by atoms with E-state index in [1.807, 2.05) is 7.05 Å². The Morgan fingerprint density at radius 3 is 2.54 bits per heavy atom. The van der Waals surface area contributed by atoms with E-state index in [0.717, 1.165) is 62.0 Å². The fraction of sp³-hybridized carbons (Fsp3) is 0.833. The molecule has 0 atom stereocenters. The van der Waals surface area contributed by atoms with Gasteiger partial charge in [-0.25, -0.2) is 4.98 Å². The van der Waals surface area contributed by atoms with Crippen molar-refractivity contribution in [2.45, 2.75) is 32.6 Å². The lowest BCUT2D eigenvalue weighted by molar-refractivity contribution is 0.212. The predicted octanol–water partition coefficient (Wildman–Crippen LogP) is 1.53. The smallest absolute Gasteiger partial charge is 0.205 e. The number of likely N-dealkylation sites (tertiary alicyclic amines) is 1. The minimum absolute atomic E-state index is 0.860. The summed E-state index contributed by atoms with van der Waals surface area (Å²) in [6, 6.07) is 0. The molecule has 8 heteroatoms. The zero-order valence-electron chi connectivity index (χ0n) is 16.4. The molecular formula is C18H33N7S. The van der Waals surface area contributed by atoms with Gasteiger partial charge in [-0.2, -0.15) is 4.37 Å². The molecule has 2 fully saturated rings. The molecule has 0 saturated carbocycles. The van der Waals surface area contributed by atoms with Crippen LogP contribution < -0.4 is 10.2 Å². The van der Waals surface area contributed by atoms with Crippen LogP contribution in [-0.2, 0) is 6.42 Å². The van der Waals surface area contributed by atoms with Gasteiger partial charge in [0.15, 0.2) is 5.96 Å². The maximum Gasteiger partial charge on any atom is 0.205 e. The van der Waals surface area contributed by atoms with Crippen LogP contribution in [0.5, 0.6) is 0 Å². The van der Waals surface area contributed by atoms with Crippen LogP contribution in [0.1, 0.15) is 32.0 Å². The van der Waals surface area contributed by atoms with E-state index < -0.39 is 0 Å². The van der Waals surface area contributed by atoms with Crippen LogP contribution in [0.3, 0.4) is 0 Å². The Bertz CT molecular complexity index is 572. The number of aryl methyl sites for hydroxylation is 1. The zero-order chi connectivity index (χ0) is 18.4. The molecule has 2 aliphatic rings. The van der Waals surface area contributed by atoms with Gasteiger partial charge in [-0.3, -0.25) is 4.99 Å². The first kappa shape index (κ1) is 19.4. The van der Waals surface area contributed by atoms with Crippen LogP contribution in [-0.4, -0.2) is 85.0 Å². The Balaban J connectivity index is 1.40. The molecular weight excluding hydrogens is 346 g/mol. The van der Waals surface area contributed by atoms with E-state index in [9.17, 15) is 0 Å². The van der Waals surface area contributed by atoms with Crippen LogP contribution in [0.15, 0.2) is 4.99 Å². The average Bonchev–Trinajstić information content (AvgIpc) is 3.16. The summed E-state index contributed by atoms with van der Waals surface area (Å²) in [5.41, 5.74) is 0. The summed E-state index contributed by atoms with van der Waals surface area (Å²) < 4.78 is 4.41.